The first-order chi connectivity index (χ1) is 8.74. The number of rotatable bonds is 2. The van der Waals surface area contributed by atoms with E-state index in [1.807, 2.05) is 13.0 Å². The van der Waals surface area contributed by atoms with Gasteiger partial charge in [-0.2, -0.15) is 0 Å². The highest BCUT2D eigenvalue weighted by molar-refractivity contribution is 7.15. The lowest BCUT2D eigenvalue weighted by atomic mass is 10.0. The molecule has 0 fully saturated rings. The smallest absolute Gasteiger partial charge is 0.206 e. The predicted octanol–water partition coefficient (Wildman–Crippen LogP) is 2.92. The average Bonchev–Trinajstić information content (AvgIpc) is 2.76. The van der Waals surface area contributed by atoms with Gasteiger partial charge in [-0.15, -0.1) is 10.2 Å². The van der Waals surface area contributed by atoms with E-state index in [-0.39, 0.29) is 11.9 Å². The summed E-state index contributed by atoms with van der Waals surface area (Å²) >= 11 is 1.49. The number of para-hydroxylation sites is 1. The minimum absolute atomic E-state index is 0.0248. The summed E-state index contributed by atoms with van der Waals surface area (Å²) in [6, 6.07) is 5.01. The van der Waals surface area contributed by atoms with Gasteiger partial charge in [0.25, 0.3) is 0 Å². The van der Waals surface area contributed by atoms with Crippen molar-refractivity contribution in [2.24, 2.45) is 0 Å². The number of hydrogen-bond donors (Lipinski definition) is 1. The van der Waals surface area contributed by atoms with Gasteiger partial charge in [-0.3, -0.25) is 0 Å². The van der Waals surface area contributed by atoms with E-state index in [1.54, 1.807) is 6.07 Å². The molecule has 0 amide bonds. The first-order valence-electron chi connectivity index (χ1n) is 5.72. The Kier molecular flexibility index (Phi) is 2.87. The second-order valence-electron chi connectivity index (χ2n) is 4.12. The average molecular weight is 265 g/mol. The lowest BCUT2D eigenvalue weighted by molar-refractivity contribution is 0.260. The van der Waals surface area contributed by atoms with E-state index >= 15 is 0 Å². The molecule has 1 atom stereocenters. The first-order valence-corrected chi connectivity index (χ1v) is 6.53. The van der Waals surface area contributed by atoms with Gasteiger partial charge < -0.3 is 10.1 Å². The molecule has 1 N–H and O–H groups in total. The fourth-order valence-corrected chi connectivity index (χ4v) is 2.68. The summed E-state index contributed by atoms with van der Waals surface area (Å²) < 4.78 is 19.0. The molecule has 18 heavy (non-hydrogen) atoms. The van der Waals surface area contributed by atoms with Crippen LogP contribution >= 0.6 is 11.3 Å². The molecule has 0 radical (unpaired) electrons. The van der Waals surface area contributed by atoms with Crippen LogP contribution in [0.3, 0.4) is 0 Å². The standard InChI is InChI=1S/C12H12FN3OS/c1-7-15-16-12(18-7)14-10-5-6-17-11-8(10)3-2-4-9(11)13/h2-4,10H,5-6H2,1H3,(H,14,16)/t10-/m0/s1. The Hall–Kier alpha value is -1.69. The van der Waals surface area contributed by atoms with Crippen molar-refractivity contribution in [2.75, 3.05) is 11.9 Å². The predicted molar refractivity (Wildman–Crippen MR) is 67.5 cm³/mol. The van der Waals surface area contributed by atoms with Crippen molar-refractivity contribution >= 4 is 16.5 Å². The van der Waals surface area contributed by atoms with Crippen molar-refractivity contribution in [3.8, 4) is 5.75 Å². The zero-order chi connectivity index (χ0) is 12.5. The molecular formula is C12H12FN3OS. The highest BCUT2D eigenvalue weighted by Crippen LogP contribution is 2.36. The SMILES string of the molecule is Cc1nnc(N[C@H]2CCOc3c(F)cccc32)s1. The van der Waals surface area contributed by atoms with Crippen LogP contribution in [0.15, 0.2) is 18.2 Å². The molecule has 1 aliphatic heterocycles. The molecule has 0 spiro atoms. The molecule has 0 aliphatic carbocycles. The molecule has 3 rings (SSSR count). The number of fused-ring (bicyclic) bond motifs is 1. The van der Waals surface area contributed by atoms with E-state index in [9.17, 15) is 4.39 Å². The van der Waals surface area contributed by atoms with Crippen LogP contribution in [0.1, 0.15) is 23.0 Å². The van der Waals surface area contributed by atoms with Gasteiger partial charge in [0, 0.05) is 12.0 Å². The van der Waals surface area contributed by atoms with E-state index in [1.165, 1.54) is 17.4 Å². The number of nitrogens with one attached hydrogen (secondary N) is 1. The third-order valence-corrected chi connectivity index (χ3v) is 3.62. The fourth-order valence-electron chi connectivity index (χ4n) is 2.04. The molecule has 2 heterocycles. The summed E-state index contributed by atoms with van der Waals surface area (Å²) in [6.45, 7) is 2.41. The van der Waals surface area contributed by atoms with Crippen molar-refractivity contribution < 1.29 is 9.13 Å². The molecule has 0 bridgehead atoms. The maximum atomic E-state index is 13.6. The monoisotopic (exact) mass is 265 g/mol. The zero-order valence-electron chi connectivity index (χ0n) is 9.81. The van der Waals surface area contributed by atoms with E-state index in [0.717, 1.165) is 22.1 Å². The molecule has 1 aromatic carbocycles. The lowest BCUT2D eigenvalue weighted by Crippen LogP contribution is -2.21. The number of ether oxygens (including phenoxy) is 1. The zero-order valence-corrected chi connectivity index (χ0v) is 10.6. The summed E-state index contributed by atoms with van der Waals surface area (Å²) in [5, 5.41) is 12.9. The van der Waals surface area contributed by atoms with Crippen LogP contribution < -0.4 is 10.1 Å². The number of aromatic nitrogens is 2. The van der Waals surface area contributed by atoms with Gasteiger partial charge in [0.2, 0.25) is 5.13 Å². The van der Waals surface area contributed by atoms with Gasteiger partial charge in [-0.1, -0.05) is 23.5 Å². The Morgan fingerprint density at radius 2 is 2.33 bits per heavy atom. The van der Waals surface area contributed by atoms with Gasteiger partial charge in [0.05, 0.1) is 12.6 Å². The van der Waals surface area contributed by atoms with Crippen LogP contribution in [0, 0.1) is 12.7 Å². The third-order valence-electron chi connectivity index (χ3n) is 2.85. The molecule has 1 aliphatic rings. The van der Waals surface area contributed by atoms with E-state index < -0.39 is 0 Å². The molecule has 0 saturated carbocycles. The lowest BCUT2D eigenvalue weighted by Gasteiger charge is -2.26. The first kappa shape index (κ1) is 11.4. The Bertz CT molecular complexity index is 572. The molecule has 0 unspecified atom stereocenters. The molecule has 1 aromatic heterocycles. The maximum Gasteiger partial charge on any atom is 0.206 e. The maximum absolute atomic E-state index is 13.6. The summed E-state index contributed by atoms with van der Waals surface area (Å²) in [7, 11) is 0. The fraction of sp³-hybridized carbons (Fsp3) is 0.333. The van der Waals surface area contributed by atoms with E-state index in [2.05, 4.69) is 15.5 Å². The quantitative estimate of drug-likeness (QED) is 0.907. The number of benzene rings is 1. The summed E-state index contributed by atoms with van der Waals surface area (Å²) in [4.78, 5) is 0. The second-order valence-corrected chi connectivity index (χ2v) is 5.30. The van der Waals surface area contributed by atoms with Crippen LogP contribution in [0.5, 0.6) is 5.75 Å². The van der Waals surface area contributed by atoms with Crippen LogP contribution in [-0.4, -0.2) is 16.8 Å². The van der Waals surface area contributed by atoms with E-state index in [4.69, 9.17) is 4.74 Å². The largest absolute Gasteiger partial charge is 0.490 e. The summed E-state index contributed by atoms with van der Waals surface area (Å²) in [5.41, 5.74) is 0.842. The topological polar surface area (TPSA) is 47.0 Å². The van der Waals surface area contributed by atoms with E-state index in [0.29, 0.717) is 12.4 Å². The van der Waals surface area contributed by atoms with Crippen molar-refractivity contribution in [3.63, 3.8) is 0 Å². The number of halogens is 1. The Labute approximate surface area is 108 Å². The van der Waals surface area contributed by atoms with Gasteiger partial charge in [-0.25, -0.2) is 4.39 Å². The molecule has 94 valence electrons. The minimum atomic E-state index is -0.313. The molecule has 4 nitrogen and oxygen atoms in total. The highest BCUT2D eigenvalue weighted by atomic mass is 32.1. The Balaban J connectivity index is 1.89. The molecule has 0 saturated heterocycles. The van der Waals surface area contributed by atoms with Crippen LogP contribution in [0.4, 0.5) is 9.52 Å². The van der Waals surface area contributed by atoms with Gasteiger partial charge >= 0.3 is 0 Å². The van der Waals surface area contributed by atoms with Crippen molar-refractivity contribution in [2.45, 2.75) is 19.4 Å². The second kappa shape index (κ2) is 4.53. The highest BCUT2D eigenvalue weighted by Gasteiger charge is 2.24. The van der Waals surface area contributed by atoms with Crippen LogP contribution in [0.2, 0.25) is 0 Å². The third kappa shape index (κ3) is 2.03. The Morgan fingerprint density at radius 3 is 3.11 bits per heavy atom. The van der Waals surface area contributed by atoms with Crippen molar-refractivity contribution in [3.05, 3.63) is 34.6 Å². The molecule has 2 aromatic rings. The normalized spacial score (nSPS) is 18.0. The number of anilines is 1. The number of hydrogen-bond acceptors (Lipinski definition) is 5. The summed E-state index contributed by atoms with van der Waals surface area (Å²) in [5.74, 6) is 0.0370. The van der Waals surface area contributed by atoms with Gasteiger partial charge in [-0.05, 0) is 13.0 Å². The van der Waals surface area contributed by atoms with Crippen molar-refractivity contribution in [1.29, 1.82) is 0 Å². The van der Waals surface area contributed by atoms with Gasteiger partial charge in [0.15, 0.2) is 11.6 Å². The molecule has 6 heteroatoms. The van der Waals surface area contributed by atoms with Crippen LogP contribution in [-0.2, 0) is 0 Å². The van der Waals surface area contributed by atoms with Gasteiger partial charge in [0.1, 0.15) is 5.01 Å². The van der Waals surface area contributed by atoms with Crippen LogP contribution in [0.25, 0.3) is 0 Å². The number of nitrogens with zero attached hydrogens (tertiary/aromatic N) is 2. The molecular weight excluding hydrogens is 253 g/mol. The minimum Gasteiger partial charge on any atom is -0.490 e. The Morgan fingerprint density at radius 1 is 1.44 bits per heavy atom. The number of aryl methyl sites for hydroxylation is 1. The van der Waals surface area contributed by atoms with Crippen molar-refractivity contribution in [1.82, 2.24) is 10.2 Å². The summed E-state index contributed by atoms with van der Waals surface area (Å²) in [6.07, 6.45) is 0.787.